The number of amides is 2. The molecule has 4 nitrogen and oxygen atoms in total. The molecule has 1 heterocycles. The van der Waals surface area contributed by atoms with Gasteiger partial charge in [-0.05, 0) is 49.9 Å². The predicted octanol–water partition coefficient (Wildman–Crippen LogP) is 4.00. The highest BCUT2D eigenvalue weighted by Crippen LogP contribution is 2.24. The molecule has 4 heteroatoms. The molecule has 2 fully saturated rings. The van der Waals surface area contributed by atoms with Crippen LogP contribution in [-0.2, 0) is 4.79 Å². The van der Waals surface area contributed by atoms with Crippen LogP contribution < -0.4 is 4.90 Å². The fourth-order valence-corrected chi connectivity index (χ4v) is 3.88. The van der Waals surface area contributed by atoms with Crippen molar-refractivity contribution in [1.82, 2.24) is 4.90 Å². The number of carbonyl (C=O) groups is 2. The molecule has 1 aromatic carbocycles. The summed E-state index contributed by atoms with van der Waals surface area (Å²) in [5.41, 5.74) is 1.63. The highest BCUT2D eigenvalue weighted by atomic mass is 16.2. The second kappa shape index (κ2) is 7.82. The summed E-state index contributed by atoms with van der Waals surface area (Å²) in [6.07, 6.45) is 9.91. The maximum absolute atomic E-state index is 12.8. The average molecular weight is 328 g/mol. The van der Waals surface area contributed by atoms with Gasteiger partial charge in [0.1, 0.15) is 0 Å². The minimum Gasteiger partial charge on any atom is -0.339 e. The van der Waals surface area contributed by atoms with Gasteiger partial charge >= 0.3 is 0 Å². The molecule has 1 saturated carbocycles. The van der Waals surface area contributed by atoms with Crippen LogP contribution in [-0.4, -0.2) is 36.3 Å². The minimum absolute atomic E-state index is 0.0958. The lowest BCUT2D eigenvalue weighted by Crippen LogP contribution is -2.37. The van der Waals surface area contributed by atoms with Gasteiger partial charge in [0.2, 0.25) is 5.91 Å². The van der Waals surface area contributed by atoms with Gasteiger partial charge in [-0.3, -0.25) is 9.59 Å². The van der Waals surface area contributed by atoms with Crippen molar-refractivity contribution in [1.29, 1.82) is 0 Å². The number of piperidine rings is 1. The van der Waals surface area contributed by atoms with E-state index in [9.17, 15) is 9.59 Å². The molecular formula is C20H28N2O2. The Morgan fingerprint density at radius 1 is 1.00 bits per heavy atom. The Morgan fingerprint density at radius 3 is 2.29 bits per heavy atom. The number of anilines is 1. The molecule has 0 N–H and O–H groups in total. The topological polar surface area (TPSA) is 40.6 Å². The zero-order valence-electron chi connectivity index (χ0n) is 14.7. The van der Waals surface area contributed by atoms with Crippen LogP contribution in [0.4, 0.5) is 5.69 Å². The lowest BCUT2D eigenvalue weighted by atomic mass is 10.1. The number of nitrogens with zero attached hydrogens (tertiary/aromatic N) is 2. The van der Waals surface area contributed by atoms with E-state index in [1.807, 2.05) is 41.1 Å². The molecule has 0 radical (unpaired) electrons. The Balaban J connectivity index is 1.67. The van der Waals surface area contributed by atoms with Gasteiger partial charge in [-0.15, -0.1) is 0 Å². The summed E-state index contributed by atoms with van der Waals surface area (Å²) in [4.78, 5) is 28.5. The fraction of sp³-hybridized carbons (Fsp3) is 0.600. The van der Waals surface area contributed by atoms with Gasteiger partial charge in [0, 0.05) is 37.3 Å². The zero-order valence-corrected chi connectivity index (χ0v) is 14.7. The number of hydrogen-bond acceptors (Lipinski definition) is 2. The molecule has 1 aliphatic heterocycles. The van der Waals surface area contributed by atoms with E-state index < -0.39 is 0 Å². The summed E-state index contributed by atoms with van der Waals surface area (Å²) in [7, 11) is 1.93. The Morgan fingerprint density at radius 2 is 1.67 bits per heavy atom. The molecule has 0 unspecified atom stereocenters. The van der Waals surface area contributed by atoms with Crippen LogP contribution in [0.25, 0.3) is 0 Å². The smallest absolute Gasteiger partial charge is 0.253 e. The minimum atomic E-state index is 0.0958. The Labute approximate surface area is 144 Å². The first-order valence-electron chi connectivity index (χ1n) is 9.34. The van der Waals surface area contributed by atoms with Crippen molar-refractivity contribution in [2.45, 2.75) is 63.8 Å². The standard InChI is InChI=1S/C20H28N2O2/c1-21(17-8-4-2-3-5-9-17)20(24)16-11-13-18(14-12-16)22-15-7-6-10-19(22)23/h11-14,17H,2-10,15H2,1H3. The summed E-state index contributed by atoms with van der Waals surface area (Å²) in [6, 6.07) is 7.93. The van der Waals surface area contributed by atoms with E-state index in [0.717, 1.165) is 43.5 Å². The van der Waals surface area contributed by atoms with Gasteiger partial charge in [-0.25, -0.2) is 0 Å². The van der Waals surface area contributed by atoms with Crippen molar-refractivity contribution in [2.24, 2.45) is 0 Å². The molecule has 24 heavy (non-hydrogen) atoms. The third kappa shape index (κ3) is 3.80. The lowest BCUT2D eigenvalue weighted by molar-refractivity contribution is -0.119. The SMILES string of the molecule is CN(C(=O)c1ccc(N2CCCCC2=O)cc1)C1CCCCCC1. The first-order chi connectivity index (χ1) is 11.7. The van der Waals surface area contributed by atoms with Gasteiger partial charge < -0.3 is 9.80 Å². The second-order valence-corrected chi connectivity index (χ2v) is 7.11. The third-order valence-electron chi connectivity index (χ3n) is 5.44. The van der Waals surface area contributed by atoms with E-state index in [2.05, 4.69) is 0 Å². The van der Waals surface area contributed by atoms with E-state index in [4.69, 9.17) is 0 Å². The highest BCUT2D eigenvalue weighted by Gasteiger charge is 2.23. The lowest BCUT2D eigenvalue weighted by Gasteiger charge is -2.28. The molecule has 130 valence electrons. The van der Waals surface area contributed by atoms with Crippen LogP contribution in [0.2, 0.25) is 0 Å². The third-order valence-corrected chi connectivity index (χ3v) is 5.44. The number of carbonyl (C=O) groups excluding carboxylic acids is 2. The summed E-state index contributed by atoms with van der Waals surface area (Å²) in [6.45, 7) is 0.786. The van der Waals surface area contributed by atoms with Crippen molar-refractivity contribution in [2.75, 3.05) is 18.5 Å². The first kappa shape index (κ1) is 17.0. The van der Waals surface area contributed by atoms with Crippen LogP contribution in [0.15, 0.2) is 24.3 Å². The molecule has 0 aromatic heterocycles. The molecular weight excluding hydrogens is 300 g/mol. The van der Waals surface area contributed by atoms with Crippen molar-refractivity contribution < 1.29 is 9.59 Å². The maximum Gasteiger partial charge on any atom is 0.253 e. The second-order valence-electron chi connectivity index (χ2n) is 7.11. The van der Waals surface area contributed by atoms with E-state index in [1.54, 1.807) is 0 Å². The molecule has 2 aliphatic rings. The number of rotatable bonds is 3. The normalized spacial score (nSPS) is 19.9. The number of hydrogen-bond donors (Lipinski definition) is 0. The molecule has 0 spiro atoms. The van der Waals surface area contributed by atoms with Crippen LogP contribution in [0, 0.1) is 0 Å². The van der Waals surface area contributed by atoms with Crippen LogP contribution in [0.3, 0.4) is 0 Å². The van der Waals surface area contributed by atoms with E-state index >= 15 is 0 Å². The summed E-state index contributed by atoms with van der Waals surface area (Å²) in [5, 5.41) is 0. The average Bonchev–Trinajstić information content (AvgIpc) is 2.90. The predicted molar refractivity (Wildman–Crippen MR) is 96.2 cm³/mol. The Hall–Kier alpha value is -1.84. The van der Waals surface area contributed by atoms with E-state index in [-0.39, 0.29) is 11.8 Å². The molecule has 3 rings (SSSR count). The van der Waals surface area contributed by atoms with Crippen LogP contribution in [0.1, 0.15) is 68.1 Å². The van der Waals surface area contributed by atoms with Gasteiger partial charge in [-0.1, -0.05) is 25.7 Å². The Kier molecular flexibility index (Phi) is 5.54. The molecule has 1 saturated heterocycles. The Bertz CT molecular complexity index is 574. The fourth-order valence-electron chi connectivity index (χ4n) is 3.88. The van der Waals surface area contributed by atoms with Crippen molar-refractivity contribution in [3.63, 3.8) is 0 Å². The molecule has 1 aliphatic carbocycles. The van der Waals surface area contributed by atoms with Gasteiger partial charge in [-0.2, -0.15) is 0 Å². The monoisotopic (exact) mass is 328 g/mol. The van der Waals surface area contributed by atoms with Crippen LogP contribution >= 0.6 is 0 Å². The van der Waals surface area contributed by atoms with E-state index in [1.165, 1.54) is 25.7 Å². The summed E-state index contributed by atoms with van der Waals surface area (Å²) < 4.78 is 0. The van der Waals surface area contributed by atoms with Crippen molar-refractivity contribution in [3.05, 3.63) is 29.8 Å². The van der Waals surface area contributed by atoms with Gasteiger partial charge in [0.25, 0.3) is 5.91 Å². The van der Waals surface area contributed by atoms with Crippen LogP contribution in [0.5, 0.6) is 0 Å². The van der Waals surface area contributed by atoms with Crippen molar-refractivity contribution in [3.8, 4) is 0 Å². The van der Waals surface area contributed by atoms with Crippen molar-refractivity contribution >= 4 is 17.5 Å². The number of benzene rings is 1. The first-order valence-corrected chi connectivity index (χ1v) is 9.34. The zero-order chi connectivity index (χ0) is 16.9. The van der Waals surface area contributed by atoms with Gasteiger partial charge in [0.05, 0.1) is 0 Å². The maximum atomic E-state index is 12.8. The molecule has 1 aromatic rings. The summed E-state index contributed by atoms with van der Waals surface area (Å²) in [5.74, 6) is 0.286. The quantitative estimate of drug-likeness (QED) is 0.787. The molecule has 0 atom stereocenters. The van der Waals surface area contributed by atoms with E-state index in [0.29, 0.717) is 12.5 Å². The van der Waals surface area contributed by atoms with Gasteiger partial charge in [0.15, 0.2) is 0 Å². The highest BCUT2D eigenvalue weighted by molar-refractivity contribution is 5.97. The summed E-state index contributed by atoms with van der Waals surface area (Å²) >= 11 is 0. The molecule has 2 amide bonds. The molecule has 0 bridgehead atoms. The largest absolute Gasteiger partial charge is 0.339 e.